The Morgan fingerprint density at radius 1 is 0.545 bits per heavy atom. The third kappa shape index (κ3) is 18.9. The predicted octanol–water partition coefficient (Wildman–Crippen LogP) is 4.55. The van der Waals surface area contributed by atoms with Crippen molar-refractivity contribution in [2.75, 3.05) is 78.7 Å². The lowest BCUT2D eigenvalue weighted by Crippen LogP contribution is -2.49. The van der Waals surface area contributed by atoms with Crippen LogP contribution in [0.25, 0.3) is 0 Å². The van der Waals surface area contributed by atoms with Crippen LogP contribution in [-0.2, 0) is 28.5 Å². The number of unbranched alkanes of at least 4 members (excludes halogenated alkanes) is 2. The van der Waals surface area contributed by atoms with Gasteiger partial charge in [0.1, 0.15) is 11.2 Å². The van der Waals surface area contributed by atoms with Crippen molar-refractivity contribution in [3.05, 3.63) is 0 Å². The van der Waals surface area contributed by atoms with Gasteiger partial charge in [0.25, 0.3) is 0 Å². The molecule has 1 heterocycles. The van der Waals surface area contributed by atoms with E-state index in [1.54, 1.807) is 9.80 Å². The first-order valence-corrected chi connectivity index (χ1v) is 16.3. The minimum Gasteiger partial charge on any atom is -0.460 e. The molecule has 0 N–H and O–H groups in total. The summed E-state index contributed by atoms with van der Waals surface area (Å²) in [5, 5.41) is 0. The van der Waals surface area contributed by atoms with Crippen LogP contribution in [0.4, 0.5) is 9.59 Å². The molecule has 0 aromatic carbocycles. The van der Waals surface area contributed by atoms with Gasteiger partial charge in [-0.15, -0.1) is 0 Å². The lowest BCUT2D eigenvalue weighted by Gasteiger charge is -2.34. The summed E-state index contributed by atoms with van der Waals surface area (Å²) in [5.74, 6) is -0.591. The van der Waals surface area contributed by atoms with Crippen LogP contribution in [0, 0.1) is 0 Å². The van der Waals surface area contributed by atoms with E-state index in [0.717, 1.165) is 25.7 Å². The van der Waals surface area contributed by atoms with E-state index in [2.05, 4.69) is 9.80 Å². The number of carbonyl (C=O) groups is 4. The molecule has 0 bridgehead atoms. The number of rotatable bonds is 12. The highest BCUT2D eigenvalue weighted by Gasteiger charge is 2.25. The molecule has 12 nitrogen and oxygen atoms in total. The zero-order valence-electron chi connectivity index (χ0n) is 28.8. The van der Waals surface area contributed by atoms with Crippen LogP contribution >= 0.6 is 0 Å². The van der Waals surface area contributed by atoms with Crippen LogP contribution < -0.4 is 0 Å². The molecule has 256 valence electrons. The van der Waals surface area contributed by atoms with Crippen LogP contribution in [0.15, 0.2) is 0 Å². The first-order chi connectivity index (χ1) is 20.6. The standard InChI is InChI=1S/C32H60N4O8/c1-9-11-25-41-29(39)35-21-17-33(15-13-27(37)43-31(3,4)5)19-23-36(30(40)42-26-12-10-2)24-20-34(18-22-35)16-14-28(38)44-32(6,7)8/h9-26H2,1-8H3. The van der Waals surface area contributed by atoms with E-state index in [-0.39, 0.29) is 37.0 Å². The monoisotopic (exact) mass is 628 g/mol. The summed E-state index contributed by atoms with van der Waals surface area (Å²) in [6, 6.07) is 0. The smallest absolute Gasteiger partial charge is 0.409 e. The summed E-state index contributed by atoms with van der Waals surface area (Å²) in [6.45, 7) is 20.2. The van der Waals surface area contributed by atoms with Gasteiger partial charge in [-0.25, -0.2) is 9.59 Å². The Bertz CT molecular complexity index is 785. The first-order valence-electron chi connectivity index (χ1n) is 16.3. The van der Waals surface area contributed by atoms with Gasteiger partial charge in [-0.05, 0) is 54.4 Å². The maximum atomic E-state index is 13.1. The SMILES string of the molecule is CCCCOC(=O)N1CCN(CCC(=O)OC(C)(C)C)CCN(C(=O)OCCCC)CCN(CCC(=O)OC(C)(C)C)CC1. The highest BCUT2D eigenvalue weighted by molar-refractivity contribution is 5.70. The summed E-state index contributed by atoms with van der Waals surface area (Å²) in [7, 11) is 0. The maximum absolute atomic E-state index is 13.1. The highest BCUT2D eigenvalue weighted by atomic mass is 16.6. The fraction of sp³-hybridized carbons (Fsp3) is 0.875. The summed E-state index contributed by atoms with van der Waals surface area (Å²) in [6.07, 6.45) is 3.03. The lowest BCUT2D eigenvalue weighted by atomic mass is 10.2. The fourth-order valence-electron chi connectivity index (χ4n) is 4.38. The van der Waals surface area contributed by atoms with Gasteiger partial charge in [0.05, 0.1) is 26.1 Å². The third-order valence-corrected chi connectivity index (χ3v) is 6.81. The predicted molar refractivity (Wildman–Crippen MR) is 169 cm³/mol. The second-order valence-electron chi connectivity index (χ2n) is 13.3. The van der Waals surface area contributed by atoms with Gasteiger partial charge in [0.15, 0.2) is 0 Å². The van der Waals surface area contributed by atoms with Gasteiger partial charge >= 0.3 is 24.1 Å². The second-order valence-corrected chi connectivity index (χ2v) is 13.3. The number of hydrogen-bond acceptors (Lipinski definition) is 10. The van der Waals surface area contributed by atoms with Crippen LogP contribution in [0.2, 0.25) is 0 Å². The lowest BCUT2D eigenvalue weighted by molar-refractivity contribution is -0.156. The van der Waals surface area contributed by atoms with E-state index in [1.807, 2.05) is 55.4 Å². The average Bonchev–Trinajstić information content (AvgIpc) is 2.90. The average molecular weight is 629 g/mol. The molecule has 0 saturated carbocycles. The van der Waals surface area contributed by atoms with Crippen molar-refractivity contribution in [2.24, 2.45) is 0 Å². The van der Waals surface area contributed by atoms with Crippen molar-refractivity contribution in [3.63, 3.8) is 0 Å². The van der Waals surface area contributed by atoms with Crippen LogP contribution in [0.5, 0.6) is 0 Å². The molecular formula is C32H60N4O8. The number of nitrogens with zero attached hydrogens (tertiary/aromatic N) is 4. The largest absolute Gasteiger partial charge is 0.460 e. The maximum Gasteiger partial charge on any atom is 0.409 e. The Morgan fingerprint density at radius 3 is 1.14 bits per heavy atom. The van der Waals surface area contributed by atoms with Crippen molar-refractivity contribution in [1.82, 2.24) is 19.6 Å². The fourth-order valence-corrected chi connectivity index (χ4v) is 4.38. The summed E-state index contributed by atoms with van der Waals surface area (Å²) >= 11 is 0. The second kappa shape index (κ2) is 20.4. The number of hydrogen-bond donors (Lipinski definition) is 0. The van der Waals surface area contributed by atoms with Gasteiger partial charge in [-0.3, -0.25) is 19.4 Å². The van der Waals surface area contributed by atoms with E-state index in [9.17, 15) is 19.2 Å². The number of esters is 2. The Labute approximate surface area is 265 Å². The van der Waals surface area contributed by atoms with E-state index in [0.29, 0.717) is 78.7 Å². The molecule has 1 rings (SSSR count). The minimum atomic E-state index is -0.577. The van der Waals surface area contributed by atoms with Crippen molar-refractivity contribution < 1.29 is 38.1 Å². The number of carbonyl (C=O) groups excluding carboxylic acids is 4. The van der Waals surface area contributed by atoms with Crippen molar-refractivity contribution >= 4 is 24.1 Å². The normalized spacial score (nSPS) is 16.5. The van der Waals surface area contributed by atoms with Gasteiger partial charge in [-0.1, -0.05) is 26.7 Å². The molecule has 0 spiro atoms. The molecular weight excluding hydrogens is 568 g/mol. The van der Waals surface area contributed by atoms with Gasteiger partial charge in [0, 0.05) is 65.4 Å². The Hall–Kier alpha value is -2.60. The van der Waals surface area contributed by atoms with Gasteiger partial charge in [0.2, 0.25) is 0 Å². The number of ether oxygens (including phenoxy) is 4. The number of amides is 2. The molecule has 12 heteroatoms. The van der Waals surface area contributed by atoms with E-state index < -0.39 is 11.2 Å². The molecule has 1 fully saturated rings. The molecule has 0 aliphatic carbocycles. The zero-order chi connectivity index (χ0) is 33.2. The molecule has 0 unspecified atom stereocenters. The molecule has 44 heavy (non-hydrogen) atoms. The summed E-state index contributed by atoms with van der Waals surface area (Å²) in [4.78, 5) is 58.6. The van der Waals surface area contributed by atoms with Gasteiger partial charge < -0.3 is 28.7 Å². The molecule has 1 aliphatic rings. The quantitative estimate of drug-likeness (QED) is 0.173. The Kier molecular flexibility index (Phi) is 18.3. The highest BCUT2D eigenvalue weighted by Crippen LogP contribution is 2.11. The first kappa shape index (κ1) is 39.4. The van der Waals surface area contributed by atoms with Crippen molar-refractivity contribution in [3.8, 4) is 0 Å². The van der Waals surface area contributed by atoms with E-state index in [1.165, 1.54) is 0 Å². The van der Waals surface area contributed by atoms with Crippen LogP contribution in [-0.4, -0.2) is 134 Å². The minimum absolute atomic E-state index is 0.192. The molecule has 2 amide bonds. The van der Waals surface area contributed by atoms with E-state index in [4.69, 9.17) is 18.9 Å². The Balaban J connectivity index is 3.12. The zero-order valence-corrected chi connectivity index (χ0v) is 28.8. The van der Waals surface area contributed by atoms with Crippen molar-refractivity contribution in [2.45, 2.75) is 105 Å². The Morgan fingerprint density at radius 2 is 0.864 bits per heavy atom. The summed E-state index contributed by atoms with van der Waals surface area (Å²) in [5.41, 5.74) is -1.15. The third-order valence-electron chi connectivity index (χ3n) is 6.81. The van der Waals surface area contributed by atoms with Crippen molar-refractivity contribution in [1.29, 1.82) is 0 Å². The van der Waals surface area contributed by atoms with Crippen LogP contribution in [0.1, 0.15) is 93.9 Å². The molecule has 0 aromatic heterocycles. The topological polar surface area (TPSA) is 118 Å². The molecule has 0 atom stereocenters. The molecule has 0 radical (unpaired) electrons. The molecule has 1 aliphatic heterocycles. The van der Waals surface area contributed by atoms with Crippen LogP contribution in [0.3, 0.4) is 0 Å². The van der Waals surface area contributed by atoms with Gasteiger partial charge in [-0.2, -0.15) is 0 Å². The van der Waals surface area contributed by atoms with E-state index >= 15 is 0 Å². The molecule has 0 aromatic rings. The summed E-state index contributed by atoms with van der Waals surface area (Å²) < 4.78 is 22.1. The molecule has 1 saturated heterocycles.